The van der Waals surface area contributed by atoms with Crippen LogP contribution in [0.4, 0.5) is 5.69 Å². The second-order valence-corrected chi connectivity index (χ2v) is 6.00. The highest BCUT2D eigenvalue weighted by atomic mass is 16.1. The molecule has 98 valence electrons. The highest BCUT2D eigenvalue weighted by Gasteiger charge is 2.53. The summed E-state index contributed by atoms with van der Waals surface area (Å²) in [6, 6.07) is 8.08. The fourth-order valence-electron chi connectivity index (χ4n) is 3.07. The number of rotatable bonds is 3. The van der Waals surface area contributed by atoms with Crippen molar-refractivity contribution in [2.24, 2.45) is 11.1 Å². The lowest BCUT2D eigenvalue weighted by Gasteiger charge is -2.40. The molecule has 0 radical (unpaired) electrons. The summed E-state index contributed by atoms with van der Waals surface area (Å²) < 4.78 is 0. The number of nitrogens with one attached hydrogen (secondary N) is 1. The van der Waals surface area contributed by atoms with E-state index in [2.05, 4.69) is 25.2 Å². The number of primary amides is 1. The standard InChI is InChI=1S/C15H22N2O/c1-11-6-4-7-12(10-11)17-15(13(16)18)9-5-8-14(15,2)3/h4,6-7,10,17H,5,8-9H2,1-3H3,(H2,16,18). The molecule has 0 aromatic heterocycles. The minimum Gasteiger partial charge on any atom is -0.371 e. The summed E-state index contributed by atoms with van der Waals surface area (Å²) in [5.74, 6) is -0.244. The number of hydrogen-bond donors (Lipinski definition) is 2. The van der Waals surface area contributed by atoms with E-state index in [1.54, 1.807) is 0 Å². The summed E-state index contributed by atoms with van der Waals surface area (Å²) in [5.41, 5.74) is 7.11. The molecule has 0 saturated heterocycles. The Morgan fingerprint density at radius 2 is 2.06 bits per heavy atom. The van der Waals surface area contributed by atoms with Gasteiger partial charge in [-0.1, -0.05) is 26.0 Å². The topological polar surface area (TPSA) is 55.1 Å². The Morgan fingerprint density at radius 1 is 1.33 bits per heavy atom. The van der Waals surface area contributed by atoms with Crippen molar-refractivity contribution >= 4 is 11.6 Å². The molecule has 0 aliphatic heterocycles. The van der Waals surface area contributed by atoms with Gasteiger partial charge >= 0.3 is 0 Å². The highest BCUT2D eigenvalue weighted by molar-refractivity contribution is 5.89. The summed E-state index contributed by atoms with van der Waals surface area (Å²) >= 11 is 0. The van der Waals surface area contributed by atoms with Crippen LogP contribution in [0.2, 0.25) is 0 Å². The zero-order chi connectivity index (χ0) is 13.4. The predicted molar refractivity (Wildman–Crippen MR) is 74.4 cm³/mol. The minimum absolute atomic E-state index is 0.109. The maximum absolute atomic E-state index is 12.0. The van der Waals surface area contributed by atoms with Crippen molar-refractivity contribution in [1.82, 2.24) is 0 Å². The van der Waals surface area contributed by atoms with Gasteiger partial charge in [0.2, 0.25) is 5.91 Å². The largest absolute Gasteiger partial charge is 0.371 e. The molecule has 0 bridgehead atoms. The maximum Gasteiger partial charge on any atom is 0.243 e. The molecule has 3 nitrogen and oxygen atoms in total. The molecule has 0 heterocycles. The first-order valence-electron chi connectivity index (χ1n) is 6.52. The fourth-order valence-corrected chi connectivity index (χ4v) is 3.07. The molecule has 1 aliphatic carbocycles. The van der Waals surface area contributed by atoms with E-state index in [4.69, 9.17) is 5.73 Å². The van der Waals surface area contributed by atoms with Gasteiger partial charge in [-0.3, -0.25) is 4.79 Å². The van der Waals surface area contributed by atoms with E-state index in [9.17, 15) is 4.79 Å². The van der Waals surface area contributed by atoms with Crippen LogP contribution in [-0.2, 0) is 4.79 Å². The molecule has 0 spiro atoms. The van der Waals surface area contributed by atoms with Crippen LogP contribution in [0.15, 0.2) is 24.3 Å². The third-order valence-electron chi connectivity index (χ3n) is 4.31. The molecule has 3 heteroatoms. The maximum atomic E-state index is 12.0. The van der Waals surface area contributed by atoms with E-state index in [-0.39, 0.29) is 11.3 Å². The first-order valence-corrected chi connectivity index (χ1v) is 6.52. The van der Waals surface area contributed by atoms with Gasteiger partial charge in [0.1, 0.15) is 5.54 Å². The summed E-state index contributed by atoms with van der Waals surface area (Å²) in [7, 11) is 0. The summed E-state index contributed by atoms with van der Waals surface area (Å²) in [6.45, 7) is 6.28. The van der Waals surface area contributed by atoms with Gasteiger partial charge in [-0.2, -0.15) is 0 Å². The number of aryl methyl sites for hydroxylation is 1. The average molecular weight is 246 g/mol. The second-order valence-electron chi connectivity index (χ2n) is 6.00. The SMILES string of the molecule is Cc1cccc(NC2(C(N)=O)CCCC2(C)C)c1. The third-order valence-corrected chi connectivity index (χ3v) is 4.31. The van der Waals surface area contributed by atoms with E-state index in [1.807, 2.05) is 25.1 Å². The van der Waals surface area contributed by atoms with Gasteiger partial charge < -0.3 is 11.1 Å². The summed E-state index contributed by atoms with van der Waals surface area (Å²) in [5, 5.41) is 3.41. The number of carbonyl (C=O) groups is 1. The van der Waals surface area contributed by atoms with Crippen LogP contribution in [0, 0.1) is 12.3 Å². The van der Waals surface area contributed by atoms with Crippen LogP contribution in [0.5, 0.6) is 0 Å². The Bertz CT molecular complexity index is 467. The van der Waals surface area contributed by atoms with Crippen LogP contribution < -0.4 is 11.1 Å². The fraction of sp³-hybridized carbons (Fsp3) is 0.533. The second kappa shape index (κ2) is 4.30. The van der Waals surface area contributed by atoms with Crippen molar-refractivity contribution in [2.45, 2.75) is 45.6 Å². The number of anilines is 1. The Kier molecular flexibility index (Phi) is 3.09. The van der Waals surface area contributed by atoms with E-state index in [1.165, 1.54) is 5.56 Å². The van der Waals surface area contributed by atoms with Gasteiger partial charge in [0.15, 0.2) is 0 Å². The van der Waals surface area contributed by atoms with E-state index in [0.29, 0.717) is 0 Å². The number of carbonyl (C=O) groups excluding carboxylic acids is 1. The van der Waals surface area contributed by atoms with Crippen molar-refractivity contribution in [1.29, 1.82) is 0 Å². The molecule has 1 aliphatic rings. The van der Waals surface area contributed by atoms with Crippen molar-refractivity contribution in [3.05, 3.63) is 29.8 Å². The molecule has 1 saturated carbocycles. The van der Waals surface area contributed by atoms with Crippen molar-refractivity contribution in [2.75, 3.05) is 5.32 Å². The van der Waals surface area contributed by atoms with Gasteiger partial charge in [-0.05, 0) is 49.3 Å². The first-order chi connectivity index (χ1) is 8.37. The Hall–Kier alpha value is -1.51. The monoisotopic (exact) mass is 246 g/mol. The zero-order valence-electron chi connectivity index (χ0n) is 11.4. The molecule has 2 rings (SSSR count). The van der Waals surface area contributed by atoms with Crippen LogP contribution in [0.3, 0.4) is 0 Å². The van der Waals surface area contributed by atoms with E-state index >= 15 is 0 Å². The average Bonchev–Trinajstić information content (AvgIpc) is 2.55. The van der Waals surface area contributed by atoms with Gasteiger partial charge in [0, 0.05) is 5.69 Å². The van der Waals surface area contributed by atoms with Gasteiger partial charge in [0.25, 0.3) is 0 Å². The third kappa shape index (κ3) is 1.98. The van der Waals surface area contributed by atoms with Crippen molar-refractivity contribution in [3.63, 3.8) is 0 Å². The highest BCUT2D eigenvalue weighted by Crippen LogP contribution is 2.47. The van der Waals surface area contributed by atoms with Crippen LogP contribution in [0.25, 0.3) is 0 Å². The molecule has 1 amide bonds. The predicted octanol–water partition coefficient (Wildman–Crippen LogP) is 2.84. The molecule has 1 atom stereocenters. The number of amides is 1. The van der Waals surface area contributed by atoms with Gasteiger partial charge in [-0.15, -0.1) is 0 Å². The van der Waals surface area contributed by atoms with Crippen LogP contribution >= 0.6 is 0 Å². The quantitative estimate of drug-likeness (QED) is 0.861. The molecule has 18 heavy (non-hydrogen) atoms. The smallest absolute Gasteiger partial charge is 0.243 e. The summed E-state index contributed by atoms with van der Waals surface area (Å²) in [6.07, 6.45) is 2.87. The molecular formula is C15H22N2O. The zero-order valence-corrected chi connectivity index (χ0v) is 11.4. The molecule has 1 fully saturated rings. The minimum atomic E-state index is -0.624. The van der Waals surface area contributed by atoms with Gasteiger partial charge in [-0.25, -0.2) is 0 Å². The molecule has 1 aromatic carbocycles. The van der Waals surface area contributed by atoms with Crippen LogP contribution in [0.1, 0.15) is 38.7 Å². The Morgan fingerprint density at radius 3 is 2.56 bits per heavy atom. The Labute approximate surface area is 109 Å². The lowest BCUT2D eigenvalue weighted by molar-refractivity contribution is -0.125. The number of hydrogen-bond acceptors (Lipinski definition) is 2. The van der Waals surface area contributed by atoms with Crippen molar-refractivity contribution < 1.29 is 4.79 Å². The number of benzene rings is 1. The van der Waals surface area contributed by atoms with Crippen LogP contribution in [-0.4, -0.2) is 11.4 Å². The molecular weight excluding hydrogens is 224 g/mol. The van der Waals surface area contributed by atoms with Gasteiger partial charge in [0.05, 0.1) is 0 Å². The van der Waals surface area contributed by atoms with E-state index in [0.717, 1.165) is 24.9 Å². The molecule has 1 unspecified atom stereocenters. The Balaban J connectivity index is 2.36. The lowest BCUT2D eigenvalue weighted by Crippen LogP contribution is -2.57. The molecule has 1 aromatic rings. The summed E-state index contributed by atoms with van der Waals surface area (Å²) in [4.78, 5) is 12.0. The normalized spacial score (nSPS) is 25.9. The lowest BCUT2D eigenvalue weighted by atomic mass is 9.74. The first kappa shape index (κ1) is 12.9. The molecule has 3 N–H and O–H groups in total. The van der Waals surface area contributed by atoms with Crippen molar-refractivity contribution in [3.8, 4) is 0 Å². The number of nitrogens with two attached hydrogens (primary N) is 1. The van der Waals surface area contributed by atoms with E-state index < -0.39 is 5.54 Å².